The number of fused-ring (bicyclic) bond motifs is 1. The van der Waals surface area contributed by atoms with Crippen molar-refractivity contribution < 1.29 is 24.5 Å². The van der Waals surface area contributed by atoms with Crippen molar-refractivity contribution in [3.05, 3.63) is 59.7 Å². The molecular weight excluding hydrogens is 408 g/mol. The minimum absolute atomic E-state index is 0.0109. The third-order valence-electron chi connectivity index (χ3n) is 5.76. The van der Waals surface area contributed by atoms with Gasteiger partial charge in [-0.3, -0.25) is 9.59 Å². The molecule has 0 radical (unpaired) electrons. The zero-order valence-electron chi connectivity index (χ0n) is 18.5. The molecule has 3 N–H and O–H groups in total. The maximum absolute atomic E-state index is 13.0. The highest BCUT2D eigenvalue weighted by Gasteiger charge is 2.22. The number of ether oxygens (including phenoxy) is 1. The van der Waals surface area contributed by atoms with E-state index in [-0.39, 0.29) is 24.5 Å². The maximum Gasteiger partial charge on any atom is 0.224 e. The SMILES string of the molecule is CC(c1ccccc1)N(CCC(O)CO)C(=O)CCCOc1ccc2c(c1)CCC(=O)N2. The van der Waals surface area contributed by atoms with Crippen LogP contribution in [-0.2, 0) is 16.0 Å². The Kier molecular flexibility index (Phi) is 8.64. The number of nitrogens with zero attached hydrogens (tertiary/aromatic N) is 1. The topological polar surface area (TPSA) is 99.1 Å². The summed E-state index contributed by atoms with van der Waals surface area (Å²) in [4.78, 5) is 26.2. The van der Waals surface area contributed by atoms with E-state index in [1.54, 1.807) is 4.90 Å². The van der Waals surface area contributed by atoms with E-state index >= 15 is 0 Å². The number of amides is 2. The first-order valence-corrected chi connectivity index (χ1v) is 11.2. The van der Waals surface area contributed by atoms with Gasteiger partial charge in [-0.1, -0.05) is 30.3 Å². The van der Waals surface area contributed by atoms with E-state index < -0.39 is 6.10 Å². The summed E-state index contributed by atoms with van der Waals surface area (Å²) in [5.74, 6) is 0.752. The van der Waals surface area contributed by atoms with Crippen molar-refractivity contribution in [2.45, 2.75) is 51.2 Å². The maximum atomic E-state index is 13.0. The molecule has 7 nitrogen and oxygen atoms in total. The van der Waals surface area contributed by atoms with Crippen LogP contribution in [-0.4, -0.2) is 52.8 Å². The van der Waals surface area contributed by atoms with Crippen molar-refractivity contribution in [3.8, 4) is 5.75 Å². The molecule has 3 rings (SSSR count). The lowest BCUT2D eigenvalue weighted by Gasteiger charge is -2.30. The predicted octanol–water partition coefficient (Wildman–Crippen LogP) is 3.06. The summed E-state index contributed by atoms with van der Waals surface area (Å²) in [5, 5.41) is 21.7. The molecule has 0 bridgehead atoms. The molecule has 2 amide bonds. The highest BCUT2D eigenvalue weighted by molar-refractivity contribution is 5.94. The van der Waals surface area contributed by atoms with Crippen LogP contribution in [0.25, 0.3) is 0 Å². The fourth-order valence-electron chi connectivity index (χ4n) is 3.83. The number of aryl methyl sites for hydroxylation is 1. The van der Waals surface area contributed by atoms with E-state index in [2.05, 4.69) is 5.32 Å². The normalized spacial score (nSPS) is 14.8. The van der Waals surface area contributed by atoms with E-state index in [0.717, 1.165) is 22.6 Å². The van der Waals surface area contributed by atoms with Crippen molar-refractivity contribution in [1.82, 2.24) is 4.90 Å². The summed E-state index contributed by atoms with van der Waals surface area (Å²) in [7, 11) is 0. The Balaban J connectivity index is 1.53. The summed E-state index contributed by atoms with van der Waals surface area (Å²) in [5.41, 5.74) is 2.92. The number of carbonyl (C=O) groups is 2. The van der Waals surface area contributed by atoms with Crippen LogP contribution >= 0.6 is 0 Å². The Morgan fingerprint density at radius 3 is 2.72 bits per heavy atom. The van der Waals surface area contributed by atoms with Crippen LogP contribution < -0.4 is 10.1 Å². The van der Waals surface area contributed by atoms with E-state index in [1.165, 1.54) is 0 Å². The zero-order valence-corrected chi connectivity index (χ0v) is 18.5. The highest BCUT2D eigenvalue weighted by atomic mass is 16.5. The van der Waals surface area contributed by atoms with Crippen LogP contribution in [0.5, 0.6) is 5.75 Å². The second kappa shape index (κ2) is 11.6. The zero-order chi connectivity index (χ0) is 22.9. The minimum Gasteiger partial charge on any atom is -0.494 e. The molecule has 1 heterocycles. The smallest absolute Gasteiger partial charge is 0.224 e. The summed E-state index contributed by atoms with van der Waals surface area (Å²) in [6.45, 7) is 2.43. The van der Waals surface area contributed by atoms with Gasteiger partial charge in [-0.05, 0) is 55.5 Å². The Morgan fingerprint density at radius 2 is 1.97 bits per heavy atom. The quantitative estimate of drug-likeness (QED) is 0.467. The predicted molar refractivity (Wildman–Crippen MR) is 122 cm³/mol. The van der Waals surface area contributed by atoms with Crippen LogP contribution in [0.1, 0.15) is 49.8 Å². The number of aliphatic hydroxyl groups is 2. The summed E-state index contributed by atoms with van der Waals surface area (Å²) in [6.07, 6.45) is 1.54. The van der Waals surface area contributed by atoms with Crippen LogP contribution in [0.3, 0.4) is 0 Å². The first kappa shape index (κ1) is 23.8. The fourth-order valence-corrected chi connectivity index (χ4v) is 3.83. The molecule has 172 valence electrons. The van der Waals surface area contributed by atoms with Gasteiger partial charge in [0.15, 0.2) is 0 Å². The number of aliphatic hydroxyl groups excluding tert-OH is 2. The first-order chi connectivity index (χ1) is 15.5. The van der Waals surface area contributed by atoms with E-state index in [4.69, 9.17) is 9.84 Å². The molecule has 32 heavy (non-hydrogen) atoms. The van der Waals surface area contributed by atoms with Gasteiger partial charge >= 0.3 is 0 Å². The van der Waals surface area contributed by atoms with E-state index in [0.29, 0.717) is 45.3 Å². The van der Waals surface area contributed by atoms with Gasteiger partial charge in [0.25, 0.3) is 0 Å². The Labute approximate surface area is 189 Å². The monoisotopic (exact) mass is 440 g/mol. The Bertz CT molecular complexity index is 902. The standard InChI is InChI=1S/C25H32N2O5/c1-18(19-6-3-2-4-7-19)27(14-13-21(29)17-28)25(31)8-5-15-32-22-10-11-23-20(16-22)9-12-24(30)26-23/h2-4,6-7,10-11,16,18,21,28-29H,5,8-9,12-15,17H2,1H3,(H,26,30). The highest BCUT2D eigenvalue weighted by Crippen LogP contribution is 2.27. The van der Waals surface area contributed by atoms with Crippen molar-refractivity contribution in [2.75, 3.05) is 25.1 Å². The average molecular weight is 441 g/mol. The molecule has 0 fully saturated rings. The van der Waals surface area contributed by atoms with E-state index in [1.807, 2.05) is 55.5 Å². The number of rotatable bonds is 11. The molecule has 7 heteroatoms. The van der Waals surface area contributed by atoms with Crippen LogP contribution in [0.15, 0.2) is 48.5 Å². The summed E-state index contributed by atoms with van der Waals surface area (Å²) in [6, 6.07) is 15.3. The Morgan fingerprint density at radius 1 is 1.19 bits per heavy atom. The number of hydrogen-bond acceptors (Lipinski definition) is 5. The molecule has 0 aromatic heterocycles. The van der Waals surface area contributed by atoms with Crippen molar-refractivity contribution in [3.63, 3.8) is 0 Å². The van der Waals surface area contributed by atoms with E-state index in [9.17, 15) is 14.7 Å². The fraction of sp³-hybridized carbons (Fsp3) is 0.440. The molecule has 0 spiro atoms. The number of carbonyl (C=O) groups excluding carboxylic acids is 2. The first-order valence-electron chi connectivity index (χ1n) is 11.2. The van der Waals surface area contributed by atoms with Gasteiger partial charge in [-0.2, -0.15) is 0 Å². The van der Waals surface area contributed by atoms with Gasteiger partial charge in [0, 0.05) is 25.1 Å². The molecule has 1 aliphatic heterocycles. The number of anilines is 1. The van der Waals surface area contributed by atoms with Gasteiger partial charge < -0.3 is 25.2 Å². The molecule has 1 aliphatic rings. The van der Waals surface area contributed by atoms with Crippen LogP contribution in [0.4, 0.5) is 5.69 Å². The molecule has 0 saturated carbocycles. The molecule has 0 saturated heterocycles. The van der Waals surface area contributed by atoms with Gasteiger partial charge in [0.2, 0.25) is 11.8 Å². The van der Waals surface area contributed by atoms with Gasteiger partial charge in [-0.15, -0.1) is 0 Å². The lowest BCUT2D eigenvalue weighted by Crippen LogP contribution is -2.36. The lowest BCUT2D eigenvalue weighted by atomic mass is 10.0. The molecule has 0 aliphatic carbocycles. The minimum atomic E-state index is -0.842. The molecule has 2 aromatic carbocycles. The molecule has 2 atom stereocenters. The largest absolute Gasteiger partial charge is 0.494 e. The second-order valence-corrected chi connectivity index (χ2v) is 8.12. The van der Waals surface area contributed by atoms with Crippen molar-refractivity contribution in [1.29, 1.82) is 0 Å². The Hall–Kier alpha value is -2.90. The number of benzene rings is 2. The van der Waals surface area contributed by atoms with Gasteiger partial charge in [0.1, 0.15) is 5.75 Å². The third-order valence-corrected chi connectivity index (χ3v) is 5.76. The lowest BCUT2D eigenvalue weighted by molar-refractivity contribution is -0.134. The van der Waals surface area contributed by atoms with Crippen molar-refractivity contribution in [2.24, 2.45) is 0 Å². The molecular formula is C25H32N2O5. The summed E-state index contributed by atoms with van der Waals surface area (Å²) >= 11 is 0. The number of hydrogen-bond donors (Lipinski definition) is 3. The summed E-state index contributed by atoms with van der Waals surface area (Å²) < 4.78 is 5.83. The average Bonchev–Trinajstić information content (AvgIpc) is 2.82. The molecule has 2 unspecified atom stereocenters. The van der Waals surface area contributed by atoms with Crippen LogP contribution in [0, 0.1) is 0 Å². The second-order valence-electron chi connectivity index (χ2n) is 8.12. The van der Waals surface area contributed by atoms with Gasteiger partial charge in [0.05, 0.1) is 25.4 Å². The van der Waals surface area contributed by atoms with Crippen molar-refractivity contribution >= 4 is 17.5 Å². The van der Waals surface area contributed by atoms with Crippen LogP contribution in [0.2, 0.25) is 0 Å². The molecule has 2 aromatic rings. The number of nitrogens with one attached hydrogen (secondary N) is 1. The third kappa shape index (κ3) is 6.55. The van der Waals surface area contributed by atoms with Gasteiger partial charge in [-0.25, -0.2) is 0 Å².